The maximum absolute atomic E-state index is 10.3. The molecular weight excluding hydrogens is 260 g/mol. The number of nitrogens with zero attached hydrogens (tertiary/aromatic N) is 2. The minimum Gasteiger partial charge on any atom is -0.393 e. The molecule has 0 radical (unpaired) electrons. The van der Waals surface area contributed by atoms with Crippen molar-refractivity contribution in [1.82, 2.24) is 9.80 Å². The molecule has 2 rings (SSSR count). The Labute approximate surface area is 131 Å². The summed E-state index contributed by atoms with van der Waals surface area (Å²) in [7, 11) is 2.28. The van der Waals surface area contributed by atoms with E-state index < -0.39 is 0 Å². The number of rotatable bonds is 6. The normalized spacial score (nSPS) is 32.7. The number of likely N-dealkylation sites (tertiary alicyclic amines) is 1. The predicted molar refractivity (Wildman–Crippen MR) is 89.5 cm³/mol. The highest BCUT2D eigenvalue weighted by molar-refractivity contribution is 4.84. The molecule has 3 atom stereocenters. The molecule has 1 aliphatic carbocycles. The van der Waals surface area contributed by atoms with Gasteiger partial charge in [0.1, 0.15) is 0 Å². The highest BCUT2D eigenvalue weighted by atomic mass is 16.3. The monoisotopic (exact) mass is 296 g/mol. The highest BCUT2D eigenvalue weighted by Gasteiger charge is 2.31. The molecule has 1 aliphatic heterocycles. The number of piperidine rings is 1. The first-order valence-corrected chi connectivity index (χ1v) is 9.24. The summed E-state index contributed by atoms with van der Waals surface area (Å²) in [5.74, 6) is 1.36. The van der Waals surface area contributed by atoms with Crippen molar-refractivity contribution in [2.45, 2.75) is 70.9 Å². The second-order valence-electron chi connectivity index (χ2n) is 7.40. The van der Waals surface area contributed by atoms with Gasteiger partial charge in [-0.1, -0.05) is 26.7 Å². The van der Waals surface area contributed by atoms with Crippen molar-refractivity contribution in [1.29, 1.82) is 0 Å². The van der Waals surface area contributed by atoms with Crippen molar-refractivity contribution in [3.63, 3.8) is 0 Å². The van der Waals surface area contributed by atoms with Gasteiger partial charge in [0.15, 0.2) is 0 Å². The SMILES string of the molecule is CCCC1CCC(O)C(CN(C)C2CCN(CC)CC2)C1. The fraction of sp³-hybridized carbons (Fsp3) is 1.00. The molecule has 0 amide bonds. The summed E-state index contributed by atoms with van der Waals surface area (Å²) < 4.78 is 0. The van der Waals surface area contributed by atoms with Crippen LogP contribution in [-0.2, 0) is 0 Å². The molecule has 3 unspecified atom stereocenters. The Balaban J connectivity index is 1.79. The lowest BCUT2D eigenvalue weighted by Gasteiger charge is -2.40. The van der Waals surface area contributed by atoms with Crippen LogP contribution in [0.3, 0.4) is 0 Å². The van der Waals surface area contributed by atoms with Crippen molar-refractivity contribution < 1.29 is 5.11 Å². The van der Waals surface area contributed by atoms with Gasteiger partial charge in [0.25, 0.3) is 0 Å². The van der Waals surface area contributed by atoms with E-state index in [1.807, 2.05) is 0 Å². The van der Waals surface area contributed by atoms with Crippen molar-refractivity contribution >= 4 is 0 Å². The van der Waals surface area contributed by atoms with Crippen LogP contribution in [0.5, 0.6) is 0 Å². The highest BCUT2D eigenvalue weighted by Crippen LogP contribution is 2.33. The van der Waals surface area contributed by atoms with Crippen molar-refractivity contribution in [2.75, 3.05) is 33.2 Å². The predicted octanol–water partition coefficient (Wildman–Crippen LogP) is 2.98. The largest absolute Gasteiger partial charge is 0.393 e. The van der Waals surface area contributed by atoms with Crippen molar-refractivity contribution in [2.24, 2.45) is 11.8 Å². The van der Waals surface area contributed by atoms with Gasteiger partial charge in [0, 0.05) is 12.6 Å². The molecule has 2 fully saturated rings. The summed E-state index contributed by atoms with van der Waals surface area (Å²) in [5, 5.41) is 10.3. The van der Waals surface area contributed by atoms with Gasteiger partial charge in [-0.3, -0.25) is 0 Å². The number of aliphatic hydroxyl groups excluding tert-OH is 1. The van der Waals surface area contributed by atoms with E-state index in [1.165, 1.54) is 58.2 Å². The summed E-state index contributed by atoms with van der Waals surface area (Å²) >= 11 is 0. The molecule has 0 bridgehead atoms. The Morgan fingerprint density at radius 1 is 1.10 bits per heavy atom. The minimum absolute atomic E-state index is 0.0590. The average Bonchev–Trinajstić information content (AvgIpc) is 2.51. The molecule has 1 N–H and O–H groups in total. The third-order valence-electron chi connectivity index (χ3n) is 5.90. The van der Waals surface area contributed by atoms with Crippen LogP contribution in [0.4, 0.5) is 0 Å². The van der Waals surface area contributed by atoms with E-state index in [-0.39, 0.29) is 6.10 Å². The third-order valence-corrected chi connectivity index (χ3v) is 5.90. The molecule has 0 aromatic heterocycles. The molecule has 1 saturated carbocycles. The Kier molecular flexibility index (Phi) is 6.97. The van der Waals surface area contributed by atoms with E-state index in [0.29, 0.717) is 5.92 Å². The molecule has 0 spiro atoms. The number of aliphatic hydroxyl groups is 1. The van der Waals surface area contributed by atoms with Gasteiger partial charge in [0.05, 0.1) is 6.10 Å². The van der Waals surface area contributed by atoms with E-state index in [4.69, 9.17) is 0 Å². The molecule has 3 nitrogen and oxygen atoms in total. The zero-order valence-electron chi connectivity index (χ0n) is 14.4. The second-order valence-corrected chi connectivity index (χ2v) is 7.40. The average molecular weight is 296 g/mol. The fourth-order valence-corrected chi connectivity index (χ4v) is 4.41. The Morgan fingerprint density at radius 2 is 1.81 bits per heavy atom. The van der Waals surface area contributed by atoms with Crippen LogP contribution in [0.1, 0.15) is 58.8 Å². The smallest absolute Gasteiger partial charge is 0.0580 e. The molecule has 0 aromatic rings. The van der Waals surface area contributed by atoms with Gasteiger partial charge >= 0.3 is 0 Å². The molecule has 1 heterocycles. The van der Waals surface area contributed by atoms with Crippen LogP contribution in [0, 0.1) is 11.8 Å². The first-order valence-electron chi connectivity index (χ1n) is 9.24. The lowest BCUT2D eigenvalue weighted by atomic mass is 9.77. The molecule has 1 saturated heterocycles. The van der Waals surface area contributed by atoms with Crippen LogP contribution < -0.4 is 0 Å². The third kappa shape index (κ3) is 4.94. The zero-order valence-corrected chi connectivity index (χ0v) is 14.4. The van der Waals surface area contributed by atoms with Gasteiger partial charge in [-0.15, -0.1) is 0 Å². The van der Waals surface area contributed by atoms with Gasteiger partial charge < -0.3 is 14.9 Å². The maximum Gasteiger partial charge on any atom is 0.0580 e. The lowest BCUT2D eigenvalue weighted by molar-refractivity contribution is 0.0164. The van der Waals surface area contributed by atoms with Gasteiger partial charge in [0.2, 0.25) is 0 Å². The molecule has 2 aliphatic rings. The molecule has 124 valence electrons. The topological polar surface area (TPSA) is 26.7 Å². The number of hydrogen-bond acceptors (Lipinski definition) is 3. The molecule has 3 heteroatoms. The van der Waals surface area contributed by atoms with Crippen molar-refractivity contribution in [3.8, 4) is 0 Å². The Bertz CT molecular complexity index is 289. The first-order chi connectivity index (χ1) is 10.1. The van der Waals surface area contributed by atoms with Crippen LogP contribution in [0.2, 0.25) is 0 Å². The van der Waals surface area contributed by atoms with E-state index >= 15 is 0 Å². The maximum atomic E-state index is 10.3. The Hall–Kier alpha value is -0.120. The van der Waals surface area contributed by atoms with E-state index in [1.54, 1.807) is 0 Å². The molecule has 0 aromatic carbocycles. The summed E-state index contributed by atoms with van der Waals surface area (Å²) in [6.45, 7) is 9.33. The standard InChI is InChI=1S/C18H36N2O/c1-4-6-15-7-8-18(21)16(13-15)14-19(3)17-9-11-20(5-2)12-10-17/h15-18,21H,4-14H2,1-3H3. The zero-order chi connectivity index (χ0) is 15.2. The first kappa shape index (κ1) is 17.2. The summed E-state index contributed by atoms with van der Waals surface area (Å²) in [5.41, 5.74) is 0. The quantitative estimate of drug-likeness (QED) is 0.816. The van der Waals surface area contributed by atoms with E-state index in [9.17, 15) is 5.11 Å². The molecular formula is C18H36N2O. The molecule has 21 heavy (non-hydrogen) atoms. The van der Waals surface area contributed by atoms with Gasteiger partial charge in [-0.25, -0.2) is 0 Å². The number of hydrogen-bond donors (Lipinski definition) is 1. The summed E-state index contributed by atoms with van der Waals surface area (Å²) in [6.07, 6.45) is 8.68. The van der Waals surface area contributed by atoms with Gasteiger partial charge in [-0.2, -0.15) is 0 Å². The Morgan fingerprint density at radius 3 is 2.43 bits per heavy atom. The van der Waals surface area contributed by atoms with Crippen LogP contribution in [0.15, 0.2) is 0 Å². The lowest BCUT2D eigenvalue weighted by Crippen LogP contribution is -2.46. The van der Waals surface area contributed by atoms with Crippen molar-refractivity contribution in [3.05, 3.63) is 0 Å². The summed E-state index contributed by atoms with van der Waals surface area (Å²) in [6, 6.07) is 0.728. The van der Waals surface area contributed by atoms with Crippen LogP contribution in [0.25, 0.3) is 0 Å². The van der Waals surface area contributed by atoms with E-state index in [0.717, 1.165) is 24.9 Å². The minimum atomic E-state index is -0.0590. The van der Waals surface area contributed by atoms with Gasteiger partial charge in [-0.05, 0) is 70.6 Å². The summed E-state index contributed by atoms with van der Waals surface area (Å²) in [4.78, 5) is 5.10. The van der Waals surface area contributed by atoms with Crippen LogP contribution in [-0.4, -0.2) is 60.3 Å². The second kappa shape index (κ2) is 8.50. The van der Waals surface area contributed by atoms with Crippen LogP contribution >= 0.6 is 0 Å². The fourth-order valence-electron chi connectivity index (χ4n) is 4.41. The van der Waals surface area contributed by atoms with E-state index in [2.05, 4.69) is 30.7 Å².